The van der Waals surface area contributed by atoms with E-state index in [4.69, 9.17) is 16.7 Å². The van der Waals surface area contributed by atoms with Crippen molar-refractivity contribution in [2.75, 3.05) is 5.32 Å². The Hall–Kier alpha value is -2.93. The highest BCUT2D eigenvalue weighted by atomic mass is 35.5. The summed E-state index contributed by atoms with van der Waals surface area (Å²) in [6.07, 6.45) is 0.931. The summed E-state index contributed by atoms with van der Waals surface area (Å²) < 4.78 is 29.8. The molecular weight excluding hydrogens is 366 g/mol. The third kappa shape index (κ3) is 3.25. The van der Waals surface area contributed by atoms with Gasteiger partial charge in [0.15, 0.2) is 0 Å². The topological polar surface area (TPSA) is 71.3 Å². The molecule has 134 valence electrons. The number of nitrogens with zero attached hydrogens (tertiary/aromatic N) is 1. The Morgan fingerprint density at radius 1 is 1.23 bits per heavy atom. The van der Waals surface area contributed by atoms with E-state index in [0.29, 0.717) is 5.52 Å². The van der Waals surface area contributed by atoms with E-state index in [-0.39, 0.29) is 27.2 Å². The molecule has 3 aromatic rings. The molecule has 0 atom stereocenters. The van der Waals surface area contributed by atoms with Crippen molar-refractivity contribution < 1.29 is 23.5 Å². The van der Waals surface area contributed by atoms with E-state index in [1.807, 2.05) is 0 Å². The highest BCUT2D eigenvalue weighted by molar-refractivity contribution is 6.34. The van der Waals surface area contributed by atoms with Gasteiger partial charge in [0.05, 0.1) is 28.2 Å². The van der Waals surface area contributed by atoms with Crippen molar-refractivity contribution in [1.82, 2.24) is 4.57 Å². The predicted molar refractivity (Wildman–Crippen MR) is 93.6 cm³/mol. The van der Waals surface area contributed by atoms with Crippen molar-refractivity contribution >= 4 is 40.1 Å². The average molecular weight is 379 g/mol. The van der Waals surface area contributed by atoms with Crippen LogP contribution in [0.25, 0.3) is 10.9 Å². The van der Waals surface area contributed by atoms with Crippen LogP contribution in [0.4, 0.5) is 14.5 Å². The second-order valence-corrected chi connectivity index (χ2v) is 6.14. The van der Waals surface area contributed by atoms with Gasteiger partial charge in [-0.05, 0) is 24.3 Å². The van der Waals surface area contributed by atoms with Crippen LogP contribution >= 0.6 is 11.6 Å². The van der Waals surface area contributed by atoms with Gasteiger partial charge < -0.3 is 15.0 Å². The lowest BCUT2D eigenvalue weighted by Crippen LogP contribution is -2.13. The van der Waals surface area contributed by atoms with Gasteiger partial charge in [0, 0.05) is 24.2 Å². The maximum absolute atomic E-state index is 14.1. The minimum atomic E-state index is -1.21. The third-order valence-corrected chi connectivity index (χ3v) is 4.25. The number of amides is 1. The number of carbonyl (C=O) groups is 2. The summed E-state index contributed by atoms with van der Waals surface area (Å²) in [6, 6.07) is 6.53. The molecule has 0 saturated heterocycles. The summed E-state index contributed by atoms with van der Waals surface area (Å²) in [5.41, 5.74) is 0.476. The van der Waals surface area contributed by atoms with Crippen LogP contribution in [0.1, 0.15) is 15.9 Å². The number of carbonyl (C=O) groups excluding carboxylic acids is 1. The number of fused-ring (bicyclic) bond motifs is 1. The van der Waals surface area contributed by atoms with Crippen LogP contribution in [0.3, 0.4) is 0 Å². The SMILES string of the molecule is Cn1cc(C(=O)Nc2cc(F)c(CC(=O)O)cc2Cl)c2c(F)cccc21. The number of aromatic nitrogens is 1. The van der Waals surface area contributed by atoms with Crippen LogP contribution in [0.5, 0.6) is 0 Å². The van der Waals surface area contributed by atoms with Crippen molar-refractivity contribution in [3.8, 4) is 0 Å². The average Bonchev–Trinajstić information content (AvgIpc) is 2.90. The predicted octanol–water partition coefficient (Wildman–Crippen LogP) is 3.99. The minimum absolute atomic E-state index is 0.0169. The van der Waals surface area contributed by atoms with Crippen LogP contribution < -0.4 is 5.32 Å². The Bertz CT molecular complexity index is 1050. The van der Waals surface area contributed by atoms with Crippen molar-refractivity contribution in [2.24, 2.45) is 7.05 Å². The summed E-state index contributed by atoms with van der Waals surface area (Å²) in [6.45, 7) is 0. The lowest BCUT2D eigenvalue weighted by atomic mass is 10.1. The Balaban J connectivity index is 1.96. The molecule has 0 fully saturated rings. The first-order valence-electron chi connectivity index (χ1n) is 7.52. The molecule has 8 heteroatoms. The van der Waals surface area contributed by atoms with Crippen molar-refractivity contribution in [1.29, 1.82) is 0 Å². The largest absolute Gasteiger partial charge is 0.481 e. The summed E-state index contributed by atoms with van der Waals surface area (Å²) in [5.74, 6) is -3.23. The van der Waals surface area contributed by atoms with Gasteiger partial charge in [-0.25, -0.2) is 8.78 Å². The zero-order chi connectivity index (χ0) is 19.0. The molecule has 0 bridgehead atoms. The fourth-order valence-corrected chi connectivity index (χ4v) is 2.98. The molecule has 5 nitrogen and oxygen atoms in total. The number of benzene rings is 2. The number of rotatable bonds is 4. The maximum atomic E-state index is 14.1. The fraction of sp³-hybridized carbons (Fsp3) is 0.111. The minimum Gasteiger partial charge on any atom is -0.481 e. The zero-order valence-corrected chi connectivity index (χ0v) is 14.3. The van der Waals surface area contributed by atoms with E-state index >= 15 is 0 Å². The number of hydrogen-bond acceptors (Lipinski definition) is 2. The molecule has 1 aromatic heterocycles. The Kier molecular flexibility index (Phi) is 4.65. The van der Waals surface area contributed by atoms with Crippen molar-refractivity contribution in [3.05, 3.63) is 64.3 Å². The van der Waals surface area contributed by atoms with Crippen LogP contribution in [-0.2, 0) is 18.3 Å². The van der Waals surface area contributed by atoms with Gasteiger partial charge in [0.2, 0.25) is 0 Å². The number of carboxylic acid groups (broad SMARTS) is 1. The van der Waals surface area contributed by atoms with Crippen LogP contribution in [0.15, 0.2) is 36.5 Å². The van der Waals surface area contributed by atoms with Crippen LogP contribution in [-0.4, -0.2) is 21.6 Å². The van der Waals surface area contributed by atoms with Gasteiger partial charge in [0.1, 0.15) is 11.6 Å². The van der Waals surface area contributed by atoms with Gasteiger partial charge in [0.25, 0.3) is 5.91 Å². The van der Waals surface area contributed by atoms with E-state index in [2.05, 4.69) is 5.32 Å². The second-order valence-electron chi connectivity index (χ2n) is 5.74. The Labute approximate surface area is 151 Å². The number of aliphatic carboxylic acids is 1. The molecule has 0 aliphatic carbocycles. The number of aryl methyl sites for hydroxylation is 1. The molecule has 0 unspecified atom stereocenters. The monoisotopic (exact) mass is 378 g/mol. The molecule has 0 aliphatic heterocycles. The van der Waals surface area contributed by atoms with Gasteiger partial charge in [-0.1, -0.05) is 17.7 Å². The molecule has 2 N–H and O–H groups in total. The quantitative estimate of drug-likeness (QED) is 0.721. The van der Waals surface area contributed by atoms with E-state index in [0.717, 1.165) is 12.1 Å². The zero-order valence-electron chi connectivity index (χ0n) is 13.5. The molecule has 0 radical (unpaired) electrons. The highest BCUT2D eigenvalue weighted by Gasteiger charge is 2.19. The fourth-order valence-electron chi connectivity index (χ4n) is 2.75. The summed E-state index contributed by atoms with van der Waals surface area (Å²) in [7, 11) is 1.67. The molecule has 1 amide bonds. The second kappa shape index (κ2) is 6.76. The normalized spacial score (nSPS) is 10.9. The Morgan fingerprint density at radius 2 is 1.96 bits per heavy atom. The molecule has 26 heavy (non-hydrogen) atoms. The van der Waals surface area contributed by atoms with Crippen LogP contribution in [0.2, 0.25) is 5.02 Å². The molecule has 0 aliphatic rings. The maximum Gasteiger partial charge on any atom is 0.307 e. The molecular formula is C18H13ClF2N2O3. The van der Waals surface area contributed by atoms with Gasteiger partial charge in [-0.2, -0.15) is 0 Å². The van der Waals surface area contributed by atoms with E-state index in [9.17, 15) is 18.4 Å². The molecule has 3 rings (SSSR count). The van der Waals surface area contributed by atoms with Gasteiger partial charge in [-0.3, -0.25) is 9.59 Å². The van der Waals surface area contributed by atoms with E-state index < -0.39 is 29.9 Å². The first-order chi connectivity index (χ1) is 12.3. The first kappa shape index (κ1) is 17.9. The molecule has 0 saturated carbocycles. The lowest BCUT2D eigenvalue weighted by Gasteiger charge is -2.09. The number of hydrogen-bond donors (Lipinski definition) is 2. The number of halogens is 3. The number of nitrogens with one attached hydrogen (secondary N) is 1. The van der Waals surface area contributed by atoms with Crippen LogP contribution in [0, 0.1) is 11.6 Å². The van der Waals surface area contributed by atoms with E-state index in [1.54, 1.807) is 17.7 Å². The molecule has 0 spiro atoms. The lowest BCUT2D eigenvalue weighted by molar-refractivity contribution is -0.136. The summed E-state index contributed by atoms with van der Waals surface area (Å²) >= 11 is 6.02. The number of carboxylic acids is 1. The summed E-state index contributed by atoms with van der Waals surface area (Å²) in [4.78, 5) is 23.3. The van der Waals surface area contributed by atoms with Gasteiger partial charge >= 0.3 is 5.97 Å². The van der Waals surface area contributed by atoms with Crippen molar-refractivity contribution in [2.45, 2.75) is 6.42 Å². The molecule has 2 aromatic carbocycles. The Morgan fingerprint density at radius 3 is 2.65 bits per heavy atom. The number of anilines is 1. The highest BCUT2D eigenvalue weighted by Crippen LogP contribution is 2.28. The molecule has 1 heterocycles. The summed E-state index contributed by atoms with van der Waals surface area (Å²) in [5, 5.41) is 11.3. The van der Waals surface area contributed by atoms with E-state index in [1.165, 1.54) is 18.3 Å². The smallest absolute Gasteiger partial charge is 0.307 e. The van der Waals surface area contributed by atoms with Crippen molar-refractivity contribution in [3.63, 3.8) is 0 Å². The third-order valence-electron chi connectivity index (χ3n) is 3.93. The first-order valence-corrected chi connectivity index (χ1v) is 7.90. The standard InChI is InChI=1S/C18H13ClF2N2O3/c1-23-8-10(17-12(20)3-2-4-15(17)23)18(26)22-14-7-13(21)9(5-11(14)19)6-16(24)25/h2-5,7-8H,6H2,1H3,(H,22,26)(H,24,25). The van der Waals surface area contributed by atoms with Gasteiger partial charge in [-0.15, -0.1) is 0 Å².